The van der Waals surface area contributed by atoms with Gasteiger partial charge in [0.05, 0.1) is 18.2 Å². The Morgan fingerprint density at radius 1 is 1.17 bits per heavy atom. The summed E-state index contributed by atoms with van der Waals surface area (Å²) in [5.41, 5.74) is 4.91. The van der Waals surface area contributed by atoms with Gasteiger partial charge in [-0.05, 0) is 12.1 Å². The van der Waals surface area contributed by atoms with Crippen LogP contribution in [0.15, 0.2) is 42.2 Å². The number of aromatic nitrogens is 5. The van der Waals surface area contributed by atoms with Gasteiger partial charge >= 0.3 is 0 Å². The van der Waals surface area contributed by atoms with Crippen LogP contribution < -0.4 is 5.43 Å². The zero-order valence-corrected chi connectivity index (χ0v) is 9.28. The third-order valence-corrected chi connectivity index (χ3v) is 2.28. The van der Waals surface area contributed by atoms with Crippen molar-refractivity contribution in [3.63, 3.8) is 0 Å². The number of nitrogens with zero attached hydrogens (tertiary/aromatic N) is 5. The normalized spacial score (nSPS) is 11.1. The highest BCUT2D eigenvalue weighted by atomic mass is 15.3. The number of hydrogen-bond donors (Lipinski definition) is 2. The van der Waals surface area contributed by atoms with Crippen LogP contribution in [0, 0.1) is 0 Å². The zero-order chi connectivity index (χ0) is 12.2. The van der Waals surface area contributed by atoms with Crippen LogP contribution in [-0.4, -0.2) is 31.1 Å². The van der Waals surface area contributed by atoms with Crippen LogP contribution >= 0.6 is 0 Å². The molecule has 0 amide bonds. The van der Waals surface area contributed by atoms with Crippen molar-refractivity contribution in [3.8, 4) is 0 Å². The van der Waals surface area contributed by atoms with Crippen molar-refractivity contribution in [1.29, 1.82) is 0 Å². The maximum atomic E-state index is 4.12. The molecule has 0 spiro atoms. The monoisotopic (exact) mass is 239 g/mol. The molecule has 7 nitrogen and oxygen atoms in total. The standard InChI is InChI=1S/C11H9N7/c1-2-4-12-8(3-1)5-17-18-11-9-10(14-6-13-9)15-7-16-11/h1-7H,(H2,13,14,15,16,18). The zero-order valence-electron chi connectivity index (χ0n) is 9.28. The van der Waals surface area contributed by atoms with E-state index in [0.29, 0.717) is 11.5 Å². The molecule has 0 fully saturated rings. The molecule has 0 aliphatic heterocycles. The van der Waals surface area contributed by atoms with E-state index >= 15 is 0 Å². The lowest BCUT2D eigenvalue weighted by atomic mass is 10.4. The fourth-order valence-electron chi connectivity index (χ4n) is 1.46. The Labute approximate surface area is 102 Å². The average Bonchev–Trinajstić information content (AvgIpc) is 2.89. The van der Waals surface area contributed by atoms with Crippen molar-refractivity contribution in [2.75, 3.05) is 5.43 Å². The summed E-state index contributed by atoms with van der Waals surface area (Å²) in [6.07, 6.45) is 6.32. The molecule has 0 aliphatic rings. The Balaban J connectivity index is 1.81. The second-order valence-electron chi connectivity index (χ2n) is 3.45. The van der Waals surface area contributed by atoms with E-state index in [-0.39, 0.29) is 0 Å². The van der Waals surface area contributed by atoms with Gasteiger partial charge in [-0.1, -0.05) is 6.07 Å². The predicted octanol–water partition coefficient (Wildman–Crippen LogP) is 1.19. The third kappa shape index (κ3) is 2.01. The molecule has 3 rings (SSSR count). The predicted molar refractivity (Wildman–Crippen MR) is 67.1 cm³/mol. The van der Waals surface area contributed by atoms with E-state index in [1.807, 2.05) is 18.2 Å². The molecular weight excluding hydrogens is 230 g/mol. The Morgan fingerprint density at radius 2 is 2.17 bits per heavy atom. The number of nitrogens with one attached hydrogen (secondary N) is 2. The van der Waals surface area contributed by atoms with Crippen LogP contribution in [0.2, 0.25) is 0 Å². The lowest BCUT2D eigenvalue weighted by molar-refractivity contribution is 1.16. The van der Waals surface area contributed by atoms with Crippen molar-refractivity contribution in [3.05, 3.63) is 42.7 Å². The van der Waals surface area contributed by atoms with E-state index in [1.165, 1.54) is 6.33 Å². The molecule has 0 saturated heterocycles. The van der Waals surface area contributed by atoms with Crippen molar-refractivity contribution in [2.24, 2.45) is 5.10 Å². The van der Waals surface area contributed by atoms with E-state index in [4.69, 9.17) is 0 Å². The molecule has 2 N–H and O–H groups in total. The molecule has 7 heteroatoms. The van der Waals surface area contributed by atoms with Gasteiger partial charge in [-0.2, -0.15) is 5.10 Å². The molecule has 3 aromatic heterocycles. The first-order valence-electron chi connectivity index (χ1n) is 5.28. The van der Waals surface area contributed by atoms with Gasteiger partial charge in [0.1, 0.15) is 11.8 Å². The van der Waals surface area contributed by atoms with Crippen molar-refractivity contribution in [2.45, 2.75) is 0 Å². The van der Waals surface area contributed by atoms with Crippen LogP contribution in [0.1, 0.15) is 5.69 Å². The van der Waals surface area contributed by atoms with Crippen LogP contribution in [-0.2, 0) is 0 Å². The van der Waals surface area contributed by atoms with Crippen LogP contribution in [0.3, 0.4) is 0 Å². The molecule has 0 saturated carbocycles. The molecule has 0 aromatic carbocycles. The molecule has 18 heavy (non-hydrogen) atoms. The minimum atomic E-state index is 0.574. The smallest absolute Gasteiger partial charge is 0.182 e. The minimum absolute atomic E-state index is 0.574. The lowest BCUT2D eigenvalue weighted by Crippen LogP contribution is -1.96. The first-order chi connectivity index (χ1) is 8.93. The maximum absolute atomic E-state index is 4.12. The summed E-state index contributed by atoms with van der Waals surface area (Å²) in [6.45, 7) is 0. The summed E-state index contributed by atoms with van der Waals surface area (Å²) in [4.78, 5) is 19.2. The molecule has 0 bridgehead atoms. The molecule has 0 aliphatic carbocycles. The summed E-state index contributed by atoms with van der Waals surface area (Å²) in [6, 6.07) is 5.60. The lowest BCUT2D eigenvalue weighted by Gasteiger charge is -1.98. The quantitative estimate of drug-likeness (QED) is 0.529. The van der Waals surface area contributed by atoms with Crippen molar-refractivity contribution >= 4 is 23.2 Å². The molecular formula is C11H9N7. The first kappa shape index (κ1) is 10.3. The summed E-state index contributed by atoms with van der Waals surface area (Å²) < 4.78 is 0. The topological polar surface area (TPSA) is 91.7 Å². The van der Waals surface area contributed by atoms with E-state index < -0.39 is 0 Å². The Kier molecular flexibility index (Phi) is 2.63. The molecule has 3 aromatic rings. The fraction of sp³-hybridized carbons (Fsp3) is 0. The minimum Gasteiger partial charge on any atom is -0.340 e. The first-order valence-corrected chi connectivity index (χ1v) is 5.28. The second kappa shape index (κ2) is 4.58. The number of hydrogen-bond acceptors (Lipinski definition) is 6. The van der Waals surface area contributed by atoms with Gasteiger partial charge in [0, 0.05) is 6.20 Å². The number of anilines is 1. The van der Waals surface area contributed by atoms with Crippen LogP contribution in [0.4, 0.5) is 5.82 Å². The highest BCUT2D eigenvalue weighted by Crippen LogP contribution is 2.13. The van der Waals surface area contributed by atoms with Gasteiger partial charge in [-0.3, -0.25) is 10.4 Å². The van der Waals surface area contributed by atoms with Gasteiger partial charge in [0.15, 0.2) is 11.5 Å². The van der Waals surface area contributed by atoms with Gasteiger partial charge in [-0.25, -0.2) is 15.0 Å². The number of imidazole rings is 1. The summed E-state index contributed by atoms with van der Waals surface area (Å²) in [5.74, 6) is 0.574. The van der Waals surface area contributed by atoms with Crippen molar-refractivity contribution in [1.82, 2.24) is 24.9 Å². The number of hydrazone groups is 1. The number of fused-ring (bicyclic) bond motifs is 1. The molecule has 0 radical (unpaired) electrons. The largest absolute Gasteiger partial charge is 0.340 e. The third-order valence-electron chi connectivity index (χ3n) is 2.28. The molecule has 3 heterocycles. The van der Waals surface area contributed by atoms with E-state index in [9.17, 15) is 0 Å². The van der Waals surface area contributed by atoms with Gasteiger partial charge < -0.3 is 4.98 Å². The summed E-state index contributed by atoms with van der Waals surface area (Å²) in [7, 11) is 0. The fourth-order valence-corrected chi connectivity index (χ4v) is 1.46. The highest BCUT2D eigenvalue weighted by molar-refractivity contribution is 5.83. The molecule has 88 valence electrons. The number of H-pyrrole nitrogens is 1. The molecule has 0 unspecified atom stereocenters. The average molecular weight is 239 g/mol. The van der Waals surface area contributed by atoms with E-state index in [2.05, 4.69) is 35.4 Å². The maximum Gasteiger partial charge on any atom is 0.182 e. The van der Waals surface area contributed by atoms with Gasteiger partial charge in [0.25, 0.3) is 0 Å². The van der Waals surface area contributed by atoms with E-state index in [0.717, 1.165) is 11.2 Å². The second-order valence-corrected chi connectivity index (χ2v) is 3.45. The SMILES string of the molecule is C(=NNc1ncnc2nc[nH]c12)c1ccccn1. The van der Waals surface area contributed by atoms with Gasteiger partial charge in [-0.15, -0.1) is 0 Å². The van der Waals surface area contributed by atoms with E-state index in [1.54, 1.807) is 18.7 Å². The van der Waals surface area contributed by atoms with Gasteiger partial charge in [0.2, 0.25) is 0 Å². The summed E-state index contributed by atoms with van der Waals surface area (Å²) >= 11 is 0. The number of pyridine rings is 1. The molecule has 0 atom stereocenters. The number of aromatic amines is 1. The van der Waals surface area contributed by atoms with Crippen molar-refractivity contribution < 1.29 is 0 Å². The number of rotatable bonds is 3. The van der Waals surface area contributed by atoms with Crippen LogP contribution in [0.5, 0.6) is 0 Å². The highest BCUT2D eigenvalue weighted by Gasteiger charge is 2.03. The van der Waals surface area contributed by atoms with Crippen LogP contribution in [0.25, 0.3) is 11.2 Å². The Bertz CT molecular complexity index is 674. The summed E-state index contributed by atoms with van der Waals surface area (Å²) in [5, 5.41) is 4.07. The Morgan fingerprint density at radius 3 is 3.06 bits per heavy atom. The Hall–Kier alpha value is -2.83.